The molecule has 0 unspecified atom stereocenters. The Morgan fingerprint density at radius 2 is 1.71 bits per heavy atom. The number of rotatable bonds is 2. The number of aliphatic hydroxyl groups excluding tert-OH is 2. The number of nitrogens with zero attached hydrogens (tertiary/aromatic N) is 1. The fraction of sp³-hybridized carbons (Fsp3) is 0.889. The van der Waals surface area contributed by atoms with E-state index in [1.807, 2.05) is 0 Å². The topological polar surface area (TPSA) is 69.8 Å². The van der Waals surface area contributed by atoms with Gasteiger partial charge in [0.1, 0.15) is 5.60 Å². The first-order valence-corrected chi connectivity index (χ1v) is 4.63. The zero-order valence-electron chi connectivity index (χ0n) is 8.73. The minimum Gasteiger partial charge on any atom is -0.444 e. The van der Waals surface area contributed by atoms with Crippen molar-refractivity contribution in [3.63, 3.8) is 0 Å². The van der Waals surface area contributed by atoms with Gasteiger partial charge in [0, 0.05) is 0 Å². The van der Waals surface area contributed by atoms with E-state index in [-0.39, 0.29) is 25.3 Å². The highest BCUT2D eigenvalue weighted by atomic mass is 16.6. The van der Waals surface area contributed by atoms with Crippen LogP contribution >= 0.6 is 0 Å². The molecule has 2 atom stereocenters. The Balaban J connectivity index is 2.48. The van der Waals surface area contributed by atoms with Crippen LogP contribution in [-0.2, 0) is 4.74 Å². The molecule has 1 saturated heterocycles. The minimum absolute atomic E-state index is 0.134. The number of hydrogen-bond acceptors (Lipinski definition) is 4. The van der Waals surface area contributed by atoms with E-state index in [1.165, 1.54) is 4.90 Å². The van der Waals surface area contributed by atoms with Gasteiger partial charge in [-0.3, -0.25) is 4.90 Å². The molecule has 0 bridgehead atoms. The second-order valence-corrected chi connectivity index (χ2v) is 4.39. The Kier molecular flexibility index (Phi) is 3.01. The number of ether oxygens (including phenoxy) is 1. The summed E-state index contributed by atoms with van der Waals surface area (Å²) in [6, 6.07) is -0.565. The predicted molar refractivity (Wildman–Crippen MR) is 49.8 cm³/mol. The molecule has 1 fully saturated rings. The van der Waals surface area contributed by atoms with Crippen molar-refractivity contribution in [2.24, 2.45) is 0 Å². The van der Waals surface area contributed by atoms with Crippen molar-refractivity contribution in [3.05, 3.63) is 0 Å². The molecule has 0 aromatic carbocycles. The summed E-state index contributed by atoms with van der Waals surface area (Å²) in [5.41, 5.74) is -0.542. The van der Waals surface area contributed by atoms with E-state index >= 15 is 0 Å². The Morgan fingerprint density at radius 3 is 2.00 bits per heavy atom. The van der Waals surface area contributed by atoms with Crippen molar-refractivity contribution in [1.29, 1.82) is 0 Å². The van der Waals surface area contributed by atoms with Crippen molar-refractivity contribution >= 4 is 6.09 Å². The van der Waals surface area contributed by atoms with E-state index in [4.69, 9.17) is 14.9 Å². The smallest absolute Gasteiger partial charge is 0.411 e. The molecule has 1 rings (SSSR count). The van der Waals surface area contributed by atoms with Crippen molar-refractivity contribution < 1.29 is 19.7 Å². The molecule has 1 amide bonds. The highest BCUT2D eigenvalue weighted by molar-refractivity contribution is 5.72. The van der Waals surface area contributed by atoms with Crippen LogP contribution in [0.4, 0.5) is 4.79 Å². The third-order valence-corrected chi connectivity index (χ3v) is 2.05. The molecule has 1 aliphatic heterocycles. The molecule has 82 valence electrons. The number of aliphatic hydroxyl groups is 2. The van der Waals surface area contributed by atoms with E-state index in [0.717, 1.165) is 0 Å². The maximum absolute atomic E-state index is 11.4. The first-order chi connectivity index (χ1) is 6.40. The SMILES string of the molecule is CC(C)(C)OC(=O)N1[C@H](CO)[C@@H]1CO. The van der Waals surface area contributed by atoms with Gasteiger partial charge in [-0.15, -0.1) is 0 Å². The van der Waals surface area contributed by atoms with Crippen LogP contribution in [0.3, 0.4) is 0 Å². The fourth-order valence-electron chi connectivity index (χ4n) is 1.34. The van der Waals surface area contributed by atoms with E-state index in [0.29, 0.717) is 0 Å². The molecule has 0 aromatic rings. The van der Waals surface area contributed by atoms with Gasteiger partial charge in [-0.25, -0.2) is 4.79 Å². The van der Waals surface area contributed by atoms with Gasteiger partial charge >= 0.3 is 6.09 Å². The zero-order valence-corrected chi connectivity index (χ0v) is 8.73. The molecule has 1 aliphatic rings. The summed E-state index contributed by atoms with van der Waals surface area (Å²) in [5.74, 6) is 0. The van der Waals surface area contributed by atoms with Gasteiger partial charge in [0.25, 0.3) is 0 Å². The Labute approximate surface area is 83.3 Å². The van der Waals surface area contributed by atoms with E-state index in [9.17, 15) is 4.79 Å². The molecular weight excluding hydrogens is 186 g/mol. The third kappa shape index (κ3) is 2.36. The molecule has 2 N–H and O–H groups in total. The molecule has 0 spiro atoms. The van der Waals surface area contributed by atoms with Crippen molar-refractivity contribution in [1.82, 2.24) is 4.90 Å². The van der Waals surface area contributed by atoms with Gasteiger partial charge in [0.2, 0.25) is 0 Å². The summed E-state index contributed by atoms with van der Waals surface area (Å²) in [6.45, 7) is 5.05. The lowest BCUT2D eigenvalue weighted by Crippen LogP contribution is -2.29. The van der Waals surface area contributed by atoms with Crippen LogP contribution < -0.4 is 0 Å². The molecule has 5 heteroatoms. The summed E-state index contributed by atoms with van der Waals surface area (Å²) in [4.78, 5) is 12.8. The summed E-state index contributed by atoms with van der Waals surface area (Å²) in [5, 5.41) is 17.7. The molecule has 14 heavy (non-hydrogen) atoms. The summed E-state index contributed by atoms with van der Waals surface area (Å²) < 4.78 is 5.09. The molecule has 1 heterocycles. The van der Waals surface area contributed by atoms with Crippen molar-refractivity contribution in [2.45, 2.75) is 38.5 Å². The average Bonchev–Trinajstić information content (AvgIpc) is 2.73. The van der Waals surface area contributed by atoms with E-state index < -0.39 is 11.7 Å². The predicted octanol–water partition coefficient (Wildman–Crippen LogP) is -0.0411. The first-order valence-electron chi connectivity index (χ1n) is 4.63. The largest absolute Gasteiger partial charge is 0.444 e. The number of carbonyl (C=O) groups excluding carboxylic acids is 1. The normalized spacial score (nSPS) is 26.2. The Morgan fingerprint density at radius 1 is 1.29 bits per heavy atom. The highest BCUT2D eigenvalue weighted by Gasteiger charge is 2.51. The van der Waals surface area contributed by atoms with Crippen LogP contribution in [-0.4, -0.2) is 52.1 Å². The van der Waals surface area contributed by atoms with Crippen molar-refractivity contribution in [2.75, 3.05) is 13.2 Å². The maximum Gasteiger partial charge on any atom is 0.411 e. The lowest BCUT2D eigenvalue weighted by atomic mass is 10.2. The van der Waals surface area contributed by atoms with Crippen LogP contribution in [0, 0.1) is 0 Å². The minimum atomic E-state index is -0.542. The van der Waals surface area contributed by atoms with Crippen LogP contribution in [0.2, 0.25) is 0 Å². The van der Waals surface area contributed by atoms with Crippen LogP contribution in [0.15, 0.2) is 0 Å². The van der Waals surface area contributed by atoms with Crippen LogP contribution in [0.1, 0.15) is 20.8 Å². The second-order valence-electron chi connectivity index (χ2n) is 4.39. The summed E-state index contributed by atoms with van der Waals surface area (Å²) in [6.07, 6.45) is -0.476. The van der Waals surface area contributed by atoms with Gasteiger partial charge in [-0.05, 0) is 20.8 Å². The zero-order chi connectivity index (χ0) is 10.9. The average molecular weight is 203 g/mol. The van der Waals surface area contributed by atoms with Crippen LogP contribution in [0.25, 0.3) is 0 Å². The molecular formula is C9H17NO4. The highest BCUT2D eigenvalue weighted by Crippen LogP contribution is 2.29. The lowest BCUT2D eigenvalue weighted by molar-refractivity contribution is 0.0373. The quantitative estimate of drug-likeness (QED) is 0.618. The first kappa shape index (κ1) is 11.3. The summed E-state index contributed by atoms with van der Waals surface area (Å²) in [7, 11) is 0. The molecule has 5 nitrogen and oxygen atoms in total. The number of amides is 1. The summed E-state index contributed by atoms with van der Waals surface area (Å²) >= 11 is 0. The van der Waals surface area contributed by atoms with Crippen molar-refractivity contribution in [3.8, 4) is 0 Å². The van der Waals surface area contributed by atoms with E-state index in [1.54, 1.807) is 20.8 Å². The monoisotopic (exact) mass is 203 g/mol. The third-order valence-electron chi connectivity index (χ3n) is 2.05. The standard InChI is InChI=1S/C9H17NO4/c1-9(2,3)14-8(13)10-6(4-11)7(10)5-12/h6-7,11-12H,4-5H2,1-3H3/t6-,7+,10?. The molecule has 0 saturated carbocycles. The van der Waals surface area contributed by atoms with Gasteiger partial charge < -0.3 is 14.9 Å². The molecule has 0 radical (unpaired) electrons. The Bertz CT molecular complexity index is 213. The van der Waals surface area contributed by atoms with Gasteiger partial charge in [-0.1, -0.05) is 0 Å². The maximum atomic E-state index is 11.4. The second kappa shape index (κ2) is 3.74. The number of hydrogen-bond donors (Lipinski definition) is 2. The molecule has 0 aliphatic carbocycles. The van der Waals surface area contributed by atoms with Gasteiger partial charge in [-0.2, -0.15) is 0 Å². The lowest BCUT2D eigenvalue weighted by Gasteiger charge is -2.20. The van der Waals surface area contributed by atoms with E-state index in [2.05, 4.69) is 0 Å². The molecule has 0 aromatic heterocycles. The number of carbonyl (C=O) groups is 1. The van der Waals surface area contributed by atoms with Crippen LogP contribution in [0.5, 0.6) is 0 Å². The van der Waals surface area contributed by atoms with Gasteiger partial charge in [0.15, 0.2) is 0 Å². The Hall–Kier alpha value is -0.810. The van der Waals surface area contributed by atoms with Gasteiger partial charge in [0.05, 0.1) is 25.3 Å². The fourth-order valence-corrected chi connectivity index (χ4v) is 1.34.